The second-order valence-corrected chi connectivity index (χ2v) is 4.80. The van der Waals surface area contributed by atoms with Gasteiger partial charge in [-0.05, 0) is 30.0 Å². The highest BCUT2D eigenvalue weighted by Gasteiger charge is 2.04. The minimum Gasteiger partial charge on any atom is -0.379 e. The Bertz CT molecular complexity index is 697. The van der Waals surface area contributed by atoms with E-state index in [1.807, 2.05) is 24.7 Å². The number of hydrogen-bond acceptors (Lipinski definition) is 3. The maximum atomic E-state index is 4.34. The second-order valence-electron chi connectivity index (χ2n) is 4.80. The molecule has 0 saturated carbocycles. The zero-order valence-electron chi connectivity index (χ0n) is 11.6. The number of anilines is 1. The Morgan fingerprint density at radius 3 is 3.00 bits per heavy atom. The molecular weight excluding hydrogens is 248 g/mol. The van der Waals surface area contributed by atoms with Crippen LogP contribution in [0.1, 0.15) is 19.0 Å². The first kappa shape index (κ1) is 12.7. The van der Waals surface area contributed by atoms with Gasteiger partial charge in [-0.15, -0.1) is 0 Å². The van der Waals surface area contributed by atoms with Crippen molar-refractivity contribution in [2.75, 3.05) is 5.32 Å². The molecule has 4 heteroatoms. The average Bonchev–Trinajstić information content (AvgIpc) is 2.93. The summed E-state index contributed by atoms with van der Waals surface area (Å²) >= 11 is 0. The van der Waals surface area contributed by atoms with E-state index in [1.54, 1.807) is 0 Å². The molecular formula is C16H18N4. The number of aryl methyl sites for hydroxylation is 1. The summed E-state index contributed by atoms with van der Waals surface area (Å²) in [5, 5.41) is 10.2. The monoisotopic (exact) mass is 266 g/mol. The Morgan fingerprint density at radius 1 is 1.15 bits per heavy atom. The fourth-order valence-corrected chi connectivity index (χ4v) is 2.38. The van der Waals surface area contributed by atoms with Gasteiger partial charge in [-0.1, -0.05) is 19.1 Å². The maximum Gasteiger partial charge on any atom is 0.0575 e. The Kier molecular flexibility index (Phi) is 3.63. The van der Waals surface area contributed by atoms with Crippen LogP contribution in [0.3, 0.4) is 0 Å². The van der Waals surface area contributed by atoms with Gasteiger partial charge in [0.15, 0.2) is 0 Å². The van der Waals surface area contributed by atoms with E-state index in [0.29, 0.717) is 0 Å². The molecule has 0 aliphatic heterocycles. The Morgan fingerprint density at radius 2 is 2.10 bits per heavy atom. The number of fused-ring (bicyclic) bond motifs is 1. The topological polar surface area (TPSA) is 42.7 Å². The molecule has 2 aromatic heterocycles. The molecule has 1 N–H and O–H groups in total. The first-order valence-corrected chi connectivity index (χ1v) is 6.96. The molecule has 0 bridgehead atoms. The van der Waals surface area contributed by atoms with Gasteiger partial charge in [-0.3, -0.25) is 9.67 Å². The van der Waals surface area contributed by atoms with E-state index in [2.05, 4.69) is 51.3 Å². The van der Waals surface area contributed by atoms with Crippen LogP contribution in [0.4, 0.5) is 5.69 Å². The average molecular weight is 266 g/mol. The molecule has 2 heterocycles. The minimum absolute atomic E-state index is 0.772. The van der Waals surface area contributed by atoms with Crippen LogP contribution in [0, 0.1) is 0 Å². The van der Waals surface area contributed by atoms with Gasteiger partial charge < -0.3 is 5.32 Å². The van der Waals surface area contributed by atoms with Crippen LogP contribution in [0.15, 0.2) is 48.9 Å². The van der Waals surface area contributed by atoms with Crippen molar-refractivity contribution in [2.45, 2.75) is 26.4 Å². The number of rotatable bonds is 5. The number of aromatic nitrogens is 3. The molecule has 0 spiro atoms. The van der Waals surface area contributed by atoms with E-state index >= 15 is 0 Å². The molecule has 1 aromatic carbocycles. The summed E-state index contributed by atoms with van der Waals surface area (Å²) in [7, 11) is 0. The number of pyridine rings is 1. The van der Waals surface area contributed by atoms with E-state index in [-0.39, 0.29) is 0 Å². The quantitative estimate of drug-likeness (QED) is 0.769. The Hall–Kier alpha value is -2.36. The highest BCUT2D eigenvalue weighted by molar-refractivity contribution is 5.92. The molecule has 0 atom stereocenters. The van der Waals surface area contributed by atoms with Gasteiger partial charge in [-0.2, -0.15) is 5.10 Å². The van der Waals surface area contributed by atoms with Crippen molar-refractivity contribution in [2.24, 2.45) is 0 Å². The third-order valence-corrected chi connectivity index (χ3v) is 3.38. The van der Waals surface area contributed by atoms with Gasteiger partial charge in [0, 0.05) is 36.2 Å². The summed E-state index contributed by atoms with van der Waals surface area (Å²) < 4.78 is 2.05. The molecule has 0 saturated heterocycles. The molecule has 4 nitrogen and oxygen atoms in total. The standard InChI is InChI=1S/C16H18N4/c1-2-10-20-14(7-9-19-20)11-18-16-5-3-4-13-6-8-17-12-15(13)16/h3-9,12,18H,2,10-11H2,1H3. The van der Waals surface area contributed by atoms with Gasteiger partial charge in [-0.25, -0.2) is 0 Å². The fraction of sp³-hybridized carbons (Fsp3) is 0.250. The summed E-state index contributed by atoms with van der Waals surface area (Å²) in [4.78, 5) is 4.21. The summed E-state index contributed by atoms with van der Waals surface area (Å²) in [6, 6.07) is 10.3. The molecule has 0 aliphatic carbocycles. The zero-order valence-corrected chi connectivity index (χ0v) is 11.6. The largest absolute Gasteiger partial charge is 0.379 e. The van der Waals surface area contributed by atoms with Crippen LogP contribution < -0.4 is 5.32 Å². The molecule has 102 valence electrons. The molecule has 0 fully saturated rings. The molecule has 0 amide bonds. The smallest absolute Gasteiger partial charge is 0.0575 e. The van der Waals surface area contributed by atoms with Crippen molar-refractivity contribution >= 4 is 16.5 Å². The molecule has 0 aliphatic rings. The number of hydrogen-bond donors (Lipinski definition) is 1. The first-order chi connectivity index (χ1) is 9.88. The van der Waals surface area contributed by atoms with Crippen molar-refractivity contribution in [3.63, 3.8) is 0 Å². The lowest BCUT2D eigenvalue weighted by Gasteiger charge is -2.11. The number of benzene rings is 1. The van der Waals surface area contributed by atoms with Crippen molar-refractivity contribution in [1.82, 2.24) is 14.8 Å². The number of nitrogens with zero attached hydrogens (tertiary/aromatic N) is 3. The van der Waals surface area contributed by atoms with E-state index in [1.165, 1.54) is 11.1 Å². The molecule has 3 rings (SSSR count). The highest BCUT2D eigenvalue weighted by atomic mass is 15.3. The minimum atomic E-state index is 0.772. The van der Waals surface area contributed by atoms with Crippen LogP contribution in [0.2, 0.25) is 0 Å². The van der Waals surface area contributed by atoms with E-state index in [9.17, 15) is 0 Å². The predicted octanol–water partition coefficient (Wildman–Crippen LogP) is 3.45. The van der Waals surface area contributed by atoms with Crippen molar-refractivity contribution in [3.8, 4) is 0 Å². The predicted molar refractivity (Wildman–Crippen MR) is 81.6 cm³/mol. The molecule has 3 aromatic rings. The Balaban J connectivity index is 1.81. The van der Waals surface area contributed by atoms with Gasteiger partial charge in [0.25, 0.3) is 0 Å². The third kappa shape index (κ3) is 2.50. The summed E-state index contributed by atoms with van der Waals surface area (Å²) in [5.41, 5.74) is 2.31. The van der Waals surface area contributed by atoms with Crippen molar-refractivity contribution in [3.05, 3.63) is 54.6 Å². The first-order valence-electron chi connectivity index (χ1n) is 6.96. The SMILES string of the molecule is CCCn1nccc1CNc1cccc2ccncc12. The summed E-state index contributed by atoms with van der Waals surface area (Å²) in [5.74, 6) is 0. The van der Waals surface area contributed by atoms with Gasteiger partial charge in [0.1, 0.15) is 0 Å². The third-order valence-electron chi connectivity index (χ3n) is 3.38. The van der Waals surface area contributed by atoms with Gasteiger partial charge in [0.05, 0.1) is 12.2 Å². The summed E-state index contributed by atoms with van der Waals surface area (Å²) in [6.45, 7) is 3.89. The van der Waals surface area contributed by atoms with Crippen LogP contribution >= 0.6 is 0 Å². The fourth-order valence-electron chi connectivity index (χ4n) is 2.38. The summed E-state index contributed by atoms with van der Waals surface area (Å²) in [6.07, 6.45) is 6.67. The zero-order chi connectivity index (χ0) is 13.8. The molecule has 0 unspecified atom stereocenters. The highest BCUT2D eigenvalue weighted by Crippen LogP contribution is 2.22. The van der Waals surface area contributed by atoms with Crippen molar-refractivity contribution in [1.29, 1.82) is 0 Å². The van der Waals surface area contributed by atoms with E-state index < -0.39 is 0 Å². The van der Waals surface area contributed by atoms with Crippen molar-refractivity contribution < 1.29 is 0 Å². The normalized spacial score (nSPS) is 10.8. The Labute approximate surface area is 118 Å². The molecule has 0 radical (unpaired) electrons. The lowest BCUT2D eigenvalue weighted by molar-refractivity contribution is 0.578. The van der Waals surface area contributed by atoms with Gasteiger partial charge in [0.2, 0.25) is 0 Å². The molecule has 20 heavy (non-hydrogen) atoms. The lowest BCUT2D eigenvalue weighted by Crippen LogP contribution is -2.09. The second kappa shape index (κ2) is 5.74. The van der Waals surface area contributed by atoms with Gasteiger partial charge >= 0.3 is 0 Å². The van der Waals surface area contributed by atoms with Crippen LogP contribution in [-0.4, -0.2) is 14.8 Å². The lowest BCUT2D eigenvalue weighted by atomic mass is 10.1. The number of nitrogens with one attached hydrogen (secondary N) is 1. The maximum absolute atomic E-state index is 4.34. The van der Waals surface area contributed by atoms with E-state index in [4.69, 9.17) is 0 Å². The van der Waals surface area contributed by atoms with Crippen LogP contribution in [0.5, 0.6) is 0 Å². The van der Waals surface area contributed by atoms with Crippen LogP contribution in [-0.2, 0) is 13.1 Å². The van der Waals surface area contributed by atoms with Crippen LogP contribution in [0.25, 0.3) is 10.8 Å². The van der Waals surface area contributed by atoms with E-state index in [0.717, 1.165) is 30.6 Å².